The monoisotopic (exact) mass is 475 g/mol. The Morgan fingerprint density at radius 2 is 1.97 bits per heavy atom. The summed E-state index contributed by atoms with van der Waals surface area (Å²) in [5, 5.41) is 4.84. The van der Waals surface area contributed by atoms with E-state index in [1.807, 2.05) is 18.2 Å². The second kappa shape index (κ2) is 8.41. The van der Waals surface area contributed by atoms with E-state index in [4.69, 9.17) is 21.1 Å². The lowest BCUT2D eigenvalue weighted by atomic mass is 9.99. The van der Waals surface area contributed by atoms with Gasteiger partial charge in [-0.2, -0.15) is 0 Å². The van der Waals surface area contributed by atoms with Crippen molar-refractivity contribution in [1.82, 2.24) is 9.88 Å². The fourth-order valence-electron chi connectivity index (χ4n) is 4.68. The van der Waals surface area contributed by atoms with Gasteiger partial charge in [0.25, 0.3) is 5.91 Å². The molecule has 2 heterocycles. The van der Waals surface area contributed by atoms with E-state index in [9.17, 15) is 9.18 Å². The Hall–Kier alpha value is -2.58. The van der Waals surface area contributed by atoms with E-state index in [-0.39, 0.29) is 23.9 Å². The number of benzene rings is 2. The van der Waals surface area contributed by atoms with E-state index in [0.717, 1.165) is 15.3 Å². The maximum absolute atomic E-state index is 14.4. The molecule has 4 unspecified atom stereocenters. The standard InChI is InChI=1S/C23H23ClFN3O3S/c1-30-18-4-3-5-19(31-2)21(18)22(29)28-11-17(28)14-9-13(25)10-16(14)27-23-26-15-7-6-12(24)8-20(15)32-23/h3-8,13-14,16-17H,9-11H2,1-2H3,(H,26,27). The minimum absolute atomic E-state index is 0.00486. The Labute approximate surface area is 194 Å². The number of ether oxygens (including phenoxy) is 2. The Balaban J connectivity index is 1.34. The molecule has 6 nitrogen and oxygen atoms in total. The predicted octanol–water partition coefficient (Wildman–Crippen LogP) is 5.02. The first-order valence-electron chi connectivity index (χ1n) is 10.5. The van der Waals surface area contributed by atoms with E-state index in [1.165, 1.54) is 25.6 Å². The van der Waals surface area contributed by atoms with Gasteiger partial charge in [-0.05, 0) is 43.2 Å². The third-order valence-electron chi connectivity index (χ3n) is 6.26. The van der Waals surface area contributed by atoms with Gasteiger partial charge in [-0.25, -0.2) is 9.37 Å². The molecular weight excluding hydrogens is 453 g/mol. The van der Waals surface area contributed by atoms with E-state index < -0.39 is 6.17 Å². The van der Waals surface area contributed by atoms with Gasteiger partial charge in [0.2, 0.25) is 0 Å². The molecule has 1 saturated heterocycles. The Morgan fingerprint density at radius 1 is 1.22 bits per heavy atom. The summed E-state index contributed by atoms with van der Waals surface area (Å²) in [4.78, 5) is 19.6. The Morgan fingerprint density at radius 3 is 2.69 bits per heavy atom. The third kappa shape index (κ3) is 3.86. The van der Waals surface area contributed by atoms with Gasteiger partial charge in [-0.15, -0.1) is 0 Å². The lowest BCUT2D eigenvalue weighted by molar-refractivity contribution is 0.0857. The molecule has 1 aliphatic heterocycles. The lowest BCUT2D eigenvalue weighted by Crippen LogP contribution is -2.30. The molecule has 1 aliphatic carbocycles. The Kier molecular flexibility index (Phi) is 5.59. The van der Waals surface area contributed by atoms with Crippen molar-refractivity contribution >= 4 is 44.2 Å². The van der Waals surface area contributed by atoms with Gasteiger partial charge in [-0.3, -0.25) is 4.79 Å². The first-order valence-corrected chi connectivity index (χ1v) is 11.7. The number of carbonyl (C=O) groups is 1. The van der Waals surface area contributed by atoms with E-state index >= 15 is 0 Å². The molecule has 1 aromatic heterocycles. The number of rotatable bonds is 6. The fraction of sp³-hybridized carbons (Fsp3) is 0.391. The summed E-state index contributed by atoms with van der Waals surface area (Å²) >= 11 is 7.59. The van der Waals surface area contributed by atoms with Gasteiger partial charge in [0, 0.05) is 23.5 Å². The number of nitrogens with zero attached hydrogens (tertiary/aromatic N) is 2. The van der Waals surface area contributed by atoms with Crippen molar-refractivity contribution < 1.29 is 18.7 Å². The number of hydrogen-bond acceptors (Lipinski definition) is 6. The van der Waals surface area contributed by atoms with Crippen LogP contribution in [0, 0.1) is 5.92 Å². The smallest absolute Gasteiger partial charge is 0.261 e. The molecular formula is C23H23ClFN3O3S. The summed E-state index contributed by atoms with van der Waals surface area (Å²) < 4.78 is 26.2. The van der Waals surface area contributed by atoms with Gasteiger partial charge in [0.1, 0.15) is 23.2 Å². The van der Waals surface area contributed by atoms with Crippen molar-refractivity contribution in [2.75, 3.05) is 26.1 Å². The lowest BCUT2D eigenvalue weighted by Gasteiger charge is -2.20. The first kappa shape index (κ1) is 21.3. The third-order valence-corrected chi connectivity index (χ3v) is 7.45. The number of thiazole rings is 1. The second-order valence-corrected chi connectivity index (χ2v) is 9.64. The normalized spacial score (nSPS) is 24.6. The van der Waals surface area contributed by atoms with Crippen molar-refractivity contribution in [2.24, 2.45) is 5.92 Å². The first-order chi connectivity index (χ1) is 15.5. The van der Waals surface area contributed by atoms with Crippen LogP contribution in [0.4, 0.5) is 9.52 Å². The highest BCUT2D eigenvalue weighted by Gasteiger charge is 2.51. The minimum atomic E-state index is -0.903. The molecule has 9 heteroatoms. The van der Waals surface area contributed by atoms with Gasteiger partial charge >= 0.3 is 0 Å². The van der Waals surface area contributed by atoms with E-state index in [2.05, 4.69) is 10.3 Å². The molecule has 168 valence electrons. The quantitative estimate of drug-likeness (QED) is 0.507. The number of halogens is 2. The van der Waals surface area contributed by atoms with Crippen molar-refractivity contribution in [1.29, 1.82) is 0 Å². The maximum atomic E-state index is 14.4. The molecule has 32 heavy (non-hydrogen) atoms. The molecule has 3 aromatic rings. The van der Waals surface area contributed by atoms with E-state index in [1.54, 1.807) is 23.1 Å². The zero-order valence-corrected chi connectivity index (χ0v) is 19.3. The molecule has 2 aliphatic rings. The zero-order valence-electron chi connectivity index (χ0n) is 17.7. The van der Waals surface area contributed by atoms with Crippen LogP contribution >= 0.6 is 22.9 Å². The highest BCUT2D eigenvalue weighted by atomic mass is 35.5. The molecule has 4 atom stereocenters. The number of fused-ring (bicyclic) bond motifs is 1. The fourth-order valence-corrected chi connectivity index (χ4v) is 5.88. The number of anilines is 1. The molecule has 1 amide bonds. The van der Waals surface area contributed by atoms with Crippen molar-refractivity contribution in [3.8, 4) is 11.5 Å². The molecule has 0 bridgehead atoms. The largest absolute Gasteiger partial charge is 0.496 e. The summed E-state index contributed by atoms with van der Waals surface area (Å²) in [7, 11) is 3.06. The average Bonchev–Trinajstić information content (AvgIpc) is 3.36. The number of aromatic nitrogens is 1. The van der Waals surface area contributed by atoms with Gasteiger partial charge < -0.3 is 19.7 Å². The van der Waals surface area contributed by atoms with Crippen molar-refractivity contribution in [2.45, 2.75) is 31.1 Å². The topological polar surface area (TPSA) is 63.5 Å². The SMILES string of the molecule is COc1cccc(OC)c1C(=O)N1CC1C1CC(F)CC1Nc1nc2ccc(Cl)cc2s1. The second-order valence-electron chi connectivity index (χ2n) is 8.18. The number of hydrogen-bond donors (Lipinski definition) is 1. The molecule has 2 aromatic carbocycles. The summed E-state index contributed by atoms with van der Waals surface area (Å²) in [6, 6.07) is 10.7. The van der Waals surface area contributed by atoms with Gasteiger partial charge in [-0.1, -0.05) is 29.0 Å². The van der Waals surface area contributed by atoms with Crippen LogP contribution in [-0.2, 0) is 0 Å². The predicted molar refractivity (Wildman–Crippen MR) is 124 cm³/mol. The van der Waals surface area contributed by atoms with Gasteiger partial charge in [0.05, 0.1) is 30.5 Å². The number of carbonyl (C=O) groups excluding carboxylic acids is 1. The van der Waals surface area contributed by atoms with Crippen LogP contribution in [0.25, 0.3) is 10.2 Å². The maximum Gasteiger partial charge on any atom is 0.261 e. The van der Waals surface area contributed by atoms with Crippen LogP contribution in [-0.4, -0.2) is 54.8 Å². The minimum Gasteiger partial charge on any atom is -0.496 e. The number of methoxy groups -OCH3 is 2. The van der Waals surface area contributed by atoms with Crippen molar-refractivity contribution in [3.05, 3.63) is 47.0 Å². The molecule has 0 spiro atoms. The summed E-state index contributed by atoms with van der Waals surface area (Å²) in [6.45, 7) is 0.588. The van der Waals surface area contributed by atoms with Crippen molar-refractivity contribution in [3.63, 3.8) is 0 Å². The highest BCUT2D eigenvalue weighted by molar-refractivity contribution is 7.22. The zero-order chi connectivity index (χ0) is 22.4. The summed E-state index contributed by atoms with van der Waals surface area (Å²) in [6.07, 6.45) is -0.0799. The highest BCUT2D eigenvalue weighted by Crippen LogP contribution is 2.43. The number of alkyl halides is 1. The van der Waals surface area contributed by atoms with Crippen LogP contribution in [0.5, 0.6) is 11.5 Å². The van der Waals surface area contributed by atoms with Crippen LogP contribution in [0.2, 0.25) is 5.02 Å². The van der Waals surface area contributed by atoms with Gasteiger partial charge in [0.15, 0.2) is 5.13 Å². The average molecular weight is 476 g/mol. The number of nitrogens with one attached hydrogen (secondary N) is 1. The van der Waals surface area contributed by atoms with Crippen LogP contribution in [0.15, 0.2) is 36.4 Å². The van der Waals surface area contributed by atoms with Crippen LogP contribution < -0.4 is 14.8 Å². The summed E-state index contributed by atoms with van der Waals surface area (Å²) in [5.74, 6) is 0.792. The van der Waals surface area contributed by atoms with E-state index in [0.29, 0.717) is 41.5 Å². The molecule has 5 rings (SSSR count). The summed E-state index contributed by atoms with van der Waals surface area (Å²) in [5.41, 5.74) is 1.27. The molecule has 0 radical (unpaired) electrons. The molecule has 1 saturated carbocycles. The molecule has 2 fully saturated rings. The van der Waals surface area contributed by atoms with Crippen LogP contribution in [0.3, 0.4) is 0 Å². The Bertz CT molecular complexity index is 1150. The number of amides is 1. The molecule has 1 N–H and O–H groups in total. The van der Waals surface area contributed by atoms with Crippen LogP contribution in [0.1, 0.15) is 23.2 Å².